The fourth-order valence-electron chi connectivity index (χ4n) is 9.51. The van der Waals surface area contributed by atoms with Gasteiger partial charge in [0.05, 0.1) is 21.2 Å². The minimum atomic E-state index is -4.87. The largest absolute Gasteiger partial charge is 0.344 e. The van der Waals surface area contributed by atoms with Crippen LogP contribution in [0.3, 0.4) is 0 Å². The fraction of sp³-hybridized carbons (Fsp3) is 0.0769. The molecule has 10 rings (SSSR count). The van der Waals surface area contributed by atoms with Crippen molar-refractivity contribution in [2.75, 3.05) is 31.9 Å². The van der Waals surface area contributed by atoms with Gasteiger partial charge in [0, 0.05) is 107 Å². The second-order valence-corrected chi connectivity index (χ2v) is 24.4. The van der Waals surface area contributed by atoms with Crippen LogP contribution in [-0.4, -0.2) is 93.9 Å². The van der Waals surface area contributed by atoms with Crippen LogP contribution in [0.2, 0.25) is 0 Å². The molecular formula is C52H44N10O16S4. The molecule has 26 nitrogen and oxygen atoms in total. The van der Waals surface area contributed by atoms with E-state index in [1.165, 1.54) is 39.6 Å². The van der Waals surface area contributed by atoms with Crippen LogP contribution < -0.4 is 31.9 Å². The number of fused-ring (bicyclic) bond motifs is 4. The van der Waals surface area contributed by atoms with Gasteiger partial charge in [-0.2, -0.15) is 33.7 Å². The molecule has 0 fully saturated rings. The monoisotopic (exact) mass is 1190 g/mol. The first kappa shape index (κ1) is 55.9. The molecule has 30 heteroatoms. The summed E-state index contributed by atoms with van der Waals surface area (Å²) in [7, 11) is -12.6. The zero-order valence-corrected chi connectivity index (χ0v) is 46.1. The molecule has 422 valence electrons. The zero-order valence-electron chi connectivity index (χ0n) is 42.8. The average Bonchev–Trinajstić information content (AvgIpc) is 2.68. The molecule has 6 aromatic carbocycles. The smallest absolute Gasteiger partial charge is 0.323 e. The number of amides is 5. The van der Waals surface area contributed by atoms with Crippen molar-refractivity contribution < 1.29 is 71.1 Å². The lowest BCUT2D eigenvalue weighted by Crippen LogP contribution is -2.19. The van der Waals surface area contributed by atoms with Gasteiger partial charge < -0.3 is 50.2 Å². The number of hydrogen-bond donors (Lipinski definition) is 10. The SMILES string of the molecule is Cn1cc(NC(=O)c2cc3cc(NC(=O)Nc4ccc5c(c4)cc(Nc4cc(C(=O)Nc6ccc(S(=O)(=O)O)c7cc(S(=O)(=O)O)ccc67)n(C)c4)n5C)ccc3n2C)cc1C(=O)Nc1ccc(S(=O)(=O)O)c2cc(S(=O)(=O)O)ccc12. The van der Waals surface area contributed by atoms with Crippen LogP contribution in [0, 0.1) is 0 Å². The maximum absolute atomic E-state index is 13.7. The Hall–Kier alpha value is -9.40. The number of rotatable bonds is 14. The summed E-state index contributed by atoms with van der Waals surface area (Å²) in [5.41, 5.74) is 3.59. The van der Waals surface area contributed by atoms with Gasteiger partial charge in [0.25, 0.3) is 58.2 Å². The predicted molar refractivity (Wildman–Crippen MR) is 304 cm³/mol. The molecule has 10 N–H and O–H groups in total. The molecule has 0 saturated carbocycles. The molecule has 0 unspecified atom stereocenters. The number of benzene rings is 6. The van der Waals surface area contributed by atoms with E-state index < -0.39 is 83.8 Å². The van der Waals surface area contributed by atoms with Gasteiger partial charge in [0.15, 0.2) is 0 Å². The van der Waals surface area contributed by atoms with E-state index in [1.807, 2.05) is 17.7 Å². The van der Waals surface area contributed by atoms with Crippen molar-refractivity contribution in [3.05, 3.63) is 151 Å². The van der Waals surface area contributed by atoms with Crippen molar-refractivity contribution in [1.29, 1.82) is 0 Å². The molecular weight excluding hydrogens is 1150 g/mol. The van der Waals surface area contributed by atoms with Crippen molar-refractivity contribution >= 4 is 148 Å². The van der Waals surface area contributed by atoms with Crippen LogP contribution in [-0.2, 0) is 68.7 Å². The summed E-state index contributed by atoms with van der Waals surface area (Å²) < 4.78 is 141. The number of anilines is 7. The molecule has 0 aliphatic carbocycles. The molecule has 4 heterocycles. The molecule has 0 saturated heterocycles. The highest BCUT2D eigenvalue weighted by Gasteiger charge is 2.25. The van der Waals surface area contributed by atoms with E-state index in [4.69, 9.17) is 0 Å². The standard InChI is InChI=1S/C52H44N10O16S4/c1-59-25-31(21-43(59)49(63)57-39-11-15-46(81(73,74)75)37-23-33(79(67,68)69)7-9-35(37)39)53-48-20-28-18-30(6-14-42(28)62(48)4)56-52(66)55-29-5-13-41-27(17-29)19-45(61(41)3)51(65)54-32-22-44(60(2)26-32)50(64)58-40-12-16-47(82(76,77)78)38-24-34(80(70,71)72)8-10-36(38)40/h5-26,53H,1-4H3,(H,54,65)(H,57,63)(H,58,64)(H2,55,56,66)(H,67,68,69)(H,70,71,72)(H,73,74,75)(H,76,77,78). The highest BCUT2D eigenvalue weighted by molar-refractivity contribution is 7.87. The summed E-state index contributed by atoms with van der Waals surface area (Å²) in [5, 5.41) is 17.9. The van der Waals surface area contributed by atoms with Gasteiger partial charge in [0.1, 0.15) is 32.7 Å². The molecule has 0 spiro atoms. The summed E-state index contributed by atoms with van der Waals surface area (Å²) in [4.78, 5) is 51.7. The summed E-state index contributed by atoms with van der Waals surface area (Å²) in [6.07, 6.45) is 3.14. The van der Waals surface area contributed by atoms with Crippen LogP contribution in [0.25, 0.3) is 43.4 Å². The predicted octanol–water partition coefficient (Wildman–Crippen LogP) is 7.78. The maximum atomic E-state index is 13.7. The van der Waals surface area contributed by atoms with Gasteiger partial charge in [-0.1, -0.05) is 12.1 Å². The van der Waals surface area contributed by atoms with Gasteiger partial charge in [0.2, 0.25) is 0 Å². The van der Waals surface area contributed by atoms with Crippen molar-refractivity contribution in [2.45, 2.75) is 19.6 Å². The quantitative estimate of drug-likeness (QED) is 0.0464. The van der Waals surface area contributed by atoms with Gasteiger partial charge in [-0.05, 0) is 109 Å². The lowest BCUT2D eigenvalue weighted by Gasteiger charge is -2.12. The Morgan fingerprint density at radius 2 is 0.829 bits per heavy atom. The number of nitrogens with one attached hydrogen (secondary N) is 6. The normalized spacial score (nSPS) is 12.2. The number of carbonyl (C=O) groups is 4. The summed E-state index contributed by atoms with van der Waals surface area (Å²) in [6.45, 7) is 0. The minimum Gasteiger partial charge on any atom is -0.344 e. The first-order valence-corrected chi connectivity index (χ1v) is 29.5. The summed E-state index contributed by atoms with van der Waals surface area (Å²) in [6, 6.07) is 26.6. The van der Waals surface area contributed by atoms with Gasteiger partial charge in [-0.15, -0.1) is 0 Å². The third-order valence-corrected chi connectivity index (χ3v) is 16.9. The molecule has 82 heavy (non-hydrogen) atoms. The van der Waals surface area contributed by atoms with E-state index in [9.17, 15) is 71.1 Å². The van der Waals surface area contributed by atoms with Crippen LogP contribution >= 0.6 is 0 Å². The van der Waals surface area contributed by atoms with Gasteiger partial charge in [-0.25, -0.2) is 4.79 Å². The summed E-state index contributed by atoms with van der Waals surface area (Å²) in [5.74, 6) is -1.26. The minimum absolute atomic E-state index is 0.0269. The number of carbonyl (C=O) groups excluding carboxylic acids is 4. The fourth-order valence-corrected chi connectivity index (χ4v) is 11.9. The van der Waals surface area contributed by atoms with E-state index in [1.54, 1.807) is 80.4 Å². The van der Waals surface area contributed by atoms with Gasteiger partial charge in [-0.3, -0.25) is 32.6 Å². The number of aryl methyl sites for hydroxylation is 4. The Labute approximate surface area is 464 Å². The van der Waals surface area contributed by atoms with Crippen LogP contribution in [0.4, 0.5) is 44.7 Å². The maximum Gasteiger partial charge on any atom is 0.323 e. The van der Waals surface area contributed by atoms with Crippen molar-refractivity contribution in [3.8, 4) is 0 Å². The van der Waals surface area contributed by atoms with E-state index in [2.05, 4.69) is 31.9 Å². The van der Waals surface area contributed by atoms with Crippen LogP contribution in [0.15, 0.2) is 153 Å². The molecule has 0 aliphatic rings. The highest BCUT2D eigenvalue weighted by atomic mass is 32.2. The van der Waals surface area contributed by atoms with E-state index >= 15 is 0 Å². The number of nitrogens with zero attached hydrogens (tertiary/aromatic N) is 4. The first-order valence-electron chi connectivity index (χ1n) is 23.8. The molecule has 10 aromatic rings. The van der Waals surface area contributed by atoms with E-state index in [0.717, 1.165) is 53.4 Å². The lowest BCUT2D eigenvalue weighted by molar-refractivity contribution is 0.101. The summed E-state index contributed by atoms with van der Waals surface area (Å²) >= 11 is 0. The van der Waals surface area contributed by atoms with Crippen LogP contribution in [0.1, 0.15) is 31.5 Å². The van der Waals surface area contributed by atoms with E-state index in [-0.39, 0.29) is 55.7 Å². The van der Waals surface area contributed by atoms with Gasteiger partial charge >= 0.3 is 6.03 Å². The van der Waals surface area contributed by atoms with E-state index in [0.29, 0.717) is 33.8 Å². The van der Waals surface area contributed by atoms with Crippen LogP contribution in [0.5, 0.6) is 0 Å². The number of hydrogen-bond acceptors (Lipinski definition) is 13. The molecule has 0 aliphatic heterocycles. The molecule has 4 aromatic heterocycles. The Balaban J connectivity index is 0.784. The van der Waals surface area contributed by atoms with Crippen molar-refractivity contribution in [1.82, 2.24) is 18.3 Å². The number of urea groups is 1. The molecule has 0 atom stereocenters. The average molecular weight is 1190 g/mol. The second-order valence-electron chi connectivity index (χ2n) is 18.8. The Kier molecular flexibility index (Phi) is 13.8. The Morgan fingerprint density at radius 3 is 1.30 bits per heavy atom. The third kappa shape index (κ3) is 11.0. The molecule has 0 radical (unpaired) electrons. The highest BCUT2D eigenvalue weighted by Crippen LogP contribution is 2.35. The first-order chi connectivity index (χ1) is 38.4. The second kappa shape index (κ2) is 20.3. The van der Waals surface area contributed by atoms with Crippen molar-refractivity contribution in [2.24, 2.45) is 28.2 Å². The zero-order chi connectivity index (χ0) is 59.1. The Morgan fingerprint density at radius 1 is 0.390 bits per heavy atom. The Bertz CT molecular complexity index is 4910. The number of aromatic nitrogens is 4. The third-order valence-electron chi connectivity index (χ3n) is 13.4. The molecule has 0 bridgehead atoms. The topological polar surface area (TPSA) is 378 Å². The molecule has 5 amide bonds. The lowest BCUT2D eigenvalue weighted by atomic mass is 10.1. The van der Waals surface area contributed by atoms with Crippen molar-refractivity contribution in [3.63, 3.8) is 0 Å².